The Kier molecular flexibility index (Phi) is 6.41. The first-order chi connectivity index (χ1) is 16.4. The van der Waals surface area contributed by atoms with E-state index in [0.717, 1.165) is 0 Å². The predicted octanol–water partition coefficient (Wildman–Crippen LogP) is 2.67. The number of nitro groups is 1. The minimum absolute atomic E-state index is 0.115. The fraction of sp³-hybridized carbons (Fsp3) is 0.0909. The first-order valence-electron chi connectivity index (χ1n) is 9.89. The highest BCUT2D eigenvalue weighted by Crippen LogP contribution is 2.33. The zero-order valence-electron chi connectivity index (χ0n) is 17.5. The van der Waals surface area contributed by atoms with Crippen LogP contribution in [0.2, 0.25) is 0 Å². The Morgan fingerprint density at radius 1 is 1.06 bits per heavy atom. The number of anilines is 1. The molecular weight excluding hydrogens is 464 g/mol. The van der Waals surface area contributed by atoms with Crippen LogP contribution in [0.1, 0.15) is 5.56 Å². The topological polar surface area (TPSA) is 140 Å². The lowest BCUT2D eigenvalue weighted by Crippen LogP contribution is -2.39. The lowest BCUT2D eigenvalue weighted by Gasteiger charge is -2.23. The Morgan fingerprint density at radius 2 is 1.76 bits per heavy atom. The monoisotopic (exact) mass is 482 g/mol. The maximum atomic E-state index is 13.3. The third-order valence-corrected chi connectivity index (χ3v) is 6.54. The fourth-order valence-electron chi connectivity index (χ4n) is 3.19. The summed E-state index contributed by atoms with van der Waals surface area (Å²) in [6.07, 6.45) is 1.35. The lowest BCUT2D eigenvalue weighted by atomic mass is 10.2. The Hall–Kier alpha value is -4.45. The summed E-state index contributed by atoms with van der Waals surface area (Å²) in [5.74, 6) is 0.328. The molecule has 0 radical (unpaired) electrons. The van der Waals surface area contributed by atoms with Gasteiger partial charge >= 0.3 is 0 Å². The summed E-state index contributed by atoms with van der Waals surface area (Å²) in [6, 6.07) is 17.7. The van der Waals surface area contributed by atoms with Crippen LogP contribution in [0.25, 0.3) is 0 Å². The van der Waals surface area contributed by atoms with Gasteiger partial charge in [-0.15, -0.1) is 0 Å². The number of nitrogens with zero attached hydrogens (tertiary/aromatic N) is 3. The second-order valence-electron chi connectivity index (χ2n) is 6.98. The van der Waals surface area contributed by atoms with E-state index in [1.807, 2.05) is 0 Å². The molecule has 0 unspecified atom stereocenters. The summed E-state index contributed by atoms with van der Waals surface area (Å²) in [5, 5.41) is 15.4. The molecule has 1 heterocycles. The quantitative estimate of drug-likeness (QED) is 0.296. The van der Waals surface area contributed by atoms with Gasteiger partial charge in [0.2, 0.25) is 6.79 Å². The minimum Gasteiger partial charge on any atom is -0.454 e. The second kappa shape index (κ2) is 9.58. The molecule has 0 aliphatic carbocycles. The van der Waals surface area contributed by atoms with Crippen molar-refractivity contribution in [3.63, 3.8) is 0 Å². The van der Waals surface area contributed by atoms with Crippen molar-refractivity contribution in [2.24, 2.45) is 5.10 Å². The Bertz CT molecular complexity index is 1360. The predicted molar refractivity (Wildman–Crippen MR) is 122 cm³/mol. The van der Waals surface area contributed by atoms with Crippen molar-refractivity contribution in [1.29, 1.82) is 0 Å². The molecule has 0 spiro atoms. The van der Waals surface area contributed by atoms with Crippen molar-refractivity contribution >= 4 is 33.5 Å². The van der Waals surface area contributed by atoms with Gasteiger partial charge in [0.1, 0.15) is 12.2 Å². The Balaban J connectivity index is 1.58. The van der Waals surface area contributed by atoms with Crippen molar-refractivity contribution in [2.45, 2.75) is 4.90 Å². The van der Waals surface area contributed by atoms with Crippen LogP contribution in [-0.2, 0) is 14.8 Å². The van der Waals surface area contributed by atoms with Crippen molar-refractivity contribution in [3.05, 3.63) is 88.5 Å². The first kappa shape index (κ1) is 22.7. The molecule has 11 nitrogen and oxygen atoms in total. The fourth-order valence-corrected chi connectivity index (χ4v) is 4.64. The highest BCUT2D eigenvalue weighted by Gasteiger charge is 2.31. The number of nitrogens with one attached hydrogen (secondary N) is 1. The lowest BCUT2D eigenvalue weighted by molar-refractivity contribution is -0.384. The average Bonchev–Trinajstić information content (AvgIpc) is 3.31. The molecule has 0 saturated heterocycles. The van der Waals surface area contributed by atoms with E-state index >= 15 is 0 Å². The largest absolute Gasteiger partial charge is 0.454 e. The van der Waals surface area contributed by atoms with Gasteiger partial charge in [-0.2, -0.15) is 5.10 Å². The Labute approximate surface area is 194 Å². The molecule has 0 saturated carbocycles. The zero-order valence-corrected chi connectivity index (χ0v) is 18.3. The summed E-state index contributed by atoms with van der Waals surface area (Å²) in [6.45, 7) is -0.620. The van der Waals surface area contributed by atoms with E-state index in [9.17, 15) is 23.3 Å². The van der Waals surface area contributed by atoms with Crippen LogP contribution in [0.4, 0.5) is 11.4 Å². The Morgan fingerprint density at radius 3 is 2.53 bits per heavy atom. The van der Waals surface area contributed by atoms with Crippen molar-refractivity contribution < 1.29 is 27.6 Å². The van der Waals surface area contributed by atoms with Crippen LogP contribution in [0, 0.1) is 10.1 Å². The molecule has 12 heteroatoms. The number of rotatable bonds is 8. The van der Waals surface area contributed by atoms with Crippen molar-refractivity contribution in [2.75, 3.05) is 17.6 Å². The number of benzene rings is 3. The van der Waals surface area contributed by atoms with Crippen molar-refractivity contribution in [3.8, 4) is 11.5 Å². The van der Waals surface area contributed by atoms with Crippen LogP contribution in [0.3, 0.4) is 0 Å². The van der Waals surface area contributed by atoms with E-state index in [1.165, 1.54) is 54.7 Å². The number of ether oxygens (including phenoxy) is 2. The van der Waals surface area contributed by atoms with Crippen LogP contribution in [0.5, 0.6) is 11.5 Å². The number of para-hydroxylation sites is 2. The maximum absolute atomic E-state index is 13.3. The van der Waals surface area contributed by atoms with E-state index in [0.29, 0.717) is 21.4 Å². The molecule has 1 aliphatic heterocycles. The molecule has 0 atom stereocenters. The van der Waals surface area contributed by atoms with Crippen LogP contribution >= 0.6 is 0 Å². The number of hydrogen-bond donors (Lipinski definition) is 1. The number of fused-ring (bicyclic) bond motifs is 1. The van der Waals surface area contributed by atoms with E-state index < -0.39 is 33.1 Å². The third kappa shape index (κ3) is 4.81. The van der Waals surface area contributed by atoms with Gasteiger partial charge in [-0.3, -0.25) is 14.9 Å². The number of nitro benzene ring substituents is 1. The zero-order chi connectivity index (χ0) is 24.1. The first-order valence-corrected chi connectivity index (χ1v) is 11.3. The van der Waals surface area contributed by atoms with Gasteiger partial charge in [0, 0.05) is 6.07 Å². The van der Waals surface area contributed by atoms with Gasteiger partial charge in [0.05, 0.1) is 16.0 Å². The van der Waals surface area contributed by atoms with Crippen LogP contribution < -0.4 is 19.2 Å². The molecule has 1 amide bonds. The summed E-state index contributed by atoms with van der Waals surface area (Å²) in [7, 11) is -4.30. The molecule has 4 rings (SSSR count). The van der Waals surface area contributed by atoms with Gasteiger partial charge in [-0.05, 0) is 42.0 Å². The van der Waals surface area contributed by atoms with Gasteiger partial charge in [0.25, 0.3) is 21.6 Å². The number of amides is 1. The summed E-state index contributed by atoms with van der Waals surface area (Å²) >= 11 is 0. The number of carbonyl (C=O) groups excluding carboxylic acids is 1. The van der Waals surface area contributed by atoms with Crippen LogP contribution in [-0.4, -0.2) is 38.8 Å². The van der Waals surface area contributed by atoms with Gasteiger partial charge in [-0.25, -0.2) is 18.1 Å². The van der Waals surface area contributed by atoms with E-state index in [1.54, 1.807) is 24.3 Å². The molecule has 34 heavy (non-hydrogen) atoms. The maximum Gasteiger partial charge on any atom is 0.293 e. The number of sulfonamides is 1. The number of hydrazone groups is 1. The molecule has 3 aromatic rings. The number of hydrogen-bond acceptors (Lipinski definition) is 8. The standard InChI is InChI=1S/C22H18N4O7S/c27-22(24-23-13-16-10-11-20-21(12-16)33-15-32-20)14-25(18-8-4-5-9-19(18)26(28)29)34(30,31)17-6-2-1-3-7-17/h1-13H,14-15H2,(H,24,27). The minimum atomic E-state index is -4.30. The molecule has 3 aromatic carbocycles. The molecule has 174 valence electrons. The summed E-state index contributed by atoms with van der Waals surface area (Å²) in [4.78, 5) is 23.3. The molecular formula is C22H18N4O7S. The molecule has 0 aromatic heterocycles. The third-order valence-electron chi connectivity index (χ3n) is 4.77. The highest BCUT2D eigenvalue weighted by molar-refractivity contribution is 7.92. The van der Waals surface area contributed by atoms with E-state index in [-0.39, 0.29) is 17.4 Å². The molecule has 0 fully saturated rings. The normalized spacial score (nSPS) is 12.5. The second-order valence-corrected chi connectivity index (χ2v) is 8.84. The highest BCUT2D eigenvalue weighted by atomic mass is 32.2. The van der Waals surface area contributed by atoms with E-state index in [4.69, 9.17) is 9.47 Å². The summed E-state index contributed by atoms with van der Waals surface area (Å²) < 4.78 is 37.8. The smallest absolute Gasteiger partial charge is 0.293 e. The summed E-state index contributed by atoms with van der Waals surface area (Å²) in [5.41, 5.74) is 2.16. The van der Waals surface area contributed by atoms with Crippen LogP contribution in [0.15, 0.2) is 82.8 Å². The SMILES string of the molecule is O=C(CN(c1ccccc1[N+](=O)[O-])S(=O)(=O)c1ccccc1)NN=Cc1ccc2c(c1)OCO2. The van der Waals surface area contributed by atoms with Gasteiger partial charge in [0.15, 0.2) is 11.5 Å². The van der Waals surface area contributed by atoms with Gasteiger partial charge in [-0.1, -0.05) is 30.3 Å². The molecule has 1 aliphatic rings. The van der Waals surface area contributed by atoms with Gasteiger partial charge < -0.3 is 9.47 Å². The molecule has 1 N–H and O–H groups in total. The number of carbonyl (C=O) groups is 1. The van der Waals surface area contributed by atoms with E-state index in [2.05, 4.69) is 10.5 Å². The van der Waals surface area contributed by atoms with Crippen molar-refractivity contribution in [1.82, 2.24) is 5.43 Å². The molecule has 0 bridgehead atoms. The average molecular weight is 482 g/mol.